The highest BCUT2D eigenvalue weighted by molar-refractivity contribution is 5.36. The molecule has 1 N–H and O–H groups in total. The molecule has 112 valence electrons. The van der Waals surface area contributed by atoms with Crippen LogP contribution in [0.5, 0.6) is 0 Å². The second-order valence-electron chi connectivity index (χ2n) is 7.30. The summed E-state index contributed by atoms with van der Waals surface area (Å²) in [6.45, 7) is 4.75. The van der Waals surface area contributed by atoms with Gasteiger partial charge in [0.05, 0.1) is 11.5 Å². The highest BCUT2D eigenvalue weighted by Crippen LogP contribution is 2.44. The van der Waals surface area contributed by atoms with E-state index < -0.39 is 0 Å². The second kappa shape index (κ2) is 5.81. The van der Waals surface area contributed by atoms with Crippen LogP contribution in [0, 0.1) is 23.2 Å². The highest BCUT2D eigenvalue weighted by atomic mass is 15.0. The summed E-state index contributed by atoms with van der Waals surface area (Å²) in [6.07, 6.45) is 5.87. The number of benzene rings is 1. The average molecular weight is 282 g/mol. The van der Waals surface area contributed by atoms with Gasteiger partial charge < -0.3 is 5.32 Å². The van der Waals surface area contributed by atoms with Crippen molar-refractivity contribution in [2.75, 3.05) is 0 Å². The van der Waals surface area contributed by atoms with Gasteiger partial charge in [-0.2, -0.15) is 5.26 Å². The number of rotatable bonds is 3. The van der Waals surface area contributed by atoms with Crippen molar-refractivity contribution in [1.29, 1.82) is 5.26 Å². The smallest absolute Gasteiger partial charge is 0.0852 e. The average Bonchev–Trinajstić information content (AvgIpc) is 2.47. The summed E-state index contributed by atoms with van der Waals surface area (Å²) in [6, 6.07) is 14.1. The van der Waals surface area contributed by atoms with E-state index in [1.807, 2.05) is 18.2 Å². The molecule has 0 bridgehead atoms. The van der Waals surface area contributed by atoms with Crippen molar-refractivity contribution in [1.82, 2.24) is 5.32 Å². The Hall–Kier alpha value is -1.33. The molecule has 0 aromatic heterocycles. The fraction of sp³-hybridized carbons (Fsp3) is 0.632. The molecule has 3 atom stereocenters. The van der Waals surface area contributed by atoms with Crippen molar-refractivity contribution in [3.63, 3.8) is 0 Å². The fourth-order valence-electron chi connectivity index (χ4n) is 4.08. The summed E-state index contributed by atoms with van der Waals surface area (Å²) in [4.78, 5) is 0. The molecular formula is C19H26N2. The quantitative estimate of drug-likeness (QED) is 0.908. The van der Waals surface area contributed by atoms with Crippen LogP contribution in [-0.2, 0) is 5.41 Å². The monoisotopic (exact) mass is 282 g/mol. The number of nitriles is 1. The van der Waals surface area contributed by atoms with Crippen LogP contribution in [0.15, 0.2) is 30.3 Å². The van der Waals surface area contributed by atoms with E-state index in [9.17, 15) is 5.26 Å². The van der Waals surface area contributed by atoms with E-state index in [1.165, 1.54) is 24.8 Å². The Bertz CT molecular complexity index is 510. The molecule has 0 spiro atoms. The van der Waals surface area contributed by atoms with Crippen molar-refractivity contribution in [2.45, 2.75) is 63.5 Å². The Morgan fingerprint density at radius 1 is 1.05 bits per heavy atom. The molecule has 2 heteroatoms. The van der Waals surface area contributed by atoms with Gasteiger partial charge >= 0.3 is 0 Å². The number of nitrogens with zero attached hydrogens (tertiary/aromatic N) is 1. The predicted octanol–water partition coefficient (Wildman–Crippen LogP) is 4.02. The van der Waals surface area contributed by atoms with Crippen molar-refractivity contribution >= 4 is 0 Å². The van der Waals surface area contributed by atoms with Gasteiger partial charge in [-0.3, -0.25) is 0 Å². The lowest BCUT2D eigenvalue weighted by atomic mass is 9.62. The third kappa shape index (κ3) is 2.85. The Morgan fingerprint density at radius 2 is 1.76 bits per heavy atom. The molecule has 0 aliphatic heterocycles. The summed E-state index contributed by atoms with van der Waals surface area (Å²) < 4.78 is 0. The Labute approximate surface area is 128 Å². The maximum Gasteiger partial charge on any atom is 0.0852 e. The molecule has 2 saturated carbocycles. The molecule has 2 aliphatic carbocycles. The maximum atomic E-state index is 9.61. The lowest BCUT2D eigenvalue weighted by Gasteiger charge is -2.46. The summed E-state index contributed by atoms with van der Waals surface area (Å²) in [5.74, 6) is 1.69. The first-order valence-corrected chi connectivity index (χ1v) is 8.36. The zero-order valence-electron chi connectivity index (χ0n) is 13.2. The van der Waals surface area contributed by atoms with Gasteiger partial charge in [0.15, 0.2) is 0 Å². The van der Waals surface area contributed by atoms with E-state index in [0.717, 1.165) is 24.7 Å². The Kier molecular flexibility index (Phi) is 4.04. The van der Waals surface area contributed by atoms with E-state index in [2.05, 4.69) is 37.4 Å². The van der Waals surface area contributed by atoms with Crippen molar-refractivity contribution in [3.8, 4) is 6.07 Å². The van der Waals surface area contributed by atoms with Crippen LogP contribution in [0.25, 0.3) is 0 Å². The SMILES string of the molecule is CC1CCC(NC2CC(C#N)(c3ccccc3)C2)CC1C. The summed E-state index contributed by atoms with van der Waals surface area (Å²) in [5, 5.41) is 13.4. The Balaban J connectivity index is 1.57. The zero-order chi connectivity index (χ0) is 14.9. The molecule has 2 aliphatic rings. The van der Waals surface area contributed by atoms with Crippen LogP contribution >= 0.6 is 0 Å². The largest absolute Gasteiger partial charge is 0.311 e. The lowest BCUT2D eigenvalue weighted by molar-refractivity contribution is 0.161. The van der Waals surface area contributed by atoms with Gasteiger partial charge in [-0.15, -0.1) is 0 Å². The lowest BCUT2D eigenvalue weighted by Crippen LogP contribution is -2.54. The van der Waals surface area contributed by atoms with E-state index in [0.29, 0.717) is 12.1 Å². The molecular weight excluding hydrogens is 256 g/mol. The number of hydrogen-bond donors (Lipinski definition) is 1. The molecule has 3 rings (SSSR count). The van der Waals surface area contributed by atoms with Crippen LogP contribution < -0.4 is 5.32 Å². The van der Waals surface area contributed by atoms with Gasteiger partial charge in [-0.1, -0.05) is 44.2 Å². The molecule has 21 heavy (non-hydrogen) atoms. The van der Waals surface area contributed by atoms with Gasteiger partial charge in [-0.05, 0) is 49.5 Å². The Morgan fingerprint density at radius 3 is 2.38 bits per heavy atom. The van der Waals surface area contributed by atoms with E-state index in [-0.39, 0.29) is 5.41 Å². The number of hydrogen-bond acceptors (Lipinski definition) is 2. The van der Waals surface area contributed by atoms with E-state index in [4.69, 9.17) is 0 Å². The fourth-order valence-corrected chi connectivity index (χ4v) is 4.08. The van der Waals surface area contributed by atoms with Gasteiger partial charge in [0.25, 0.3) is 0 Å². The first kappa shape index (κ1) is 14.6. The summed E-state index contributed by atoms with van der Waals surface area (Å²) in [7, 11) is 0. The van der Waals surface area contributed by atoms with Crippen LogP contribution in [0.2, 0.25) is 0 Å². The minimum absolute atomic E-state index is 0.244. The molecule has 0 heterocycles. The molecule has 0 amide bonds. The van der Waals surface area contributed by atoms with Crippen LogP contribution in [0.4, 0.5) is 0 Å². The molecule has 3 unspecified atom stereocenters. The molecule has 2 nitrogen and oxygen atoms in total. The van der Waals surface area contributed by atoms with Crippen LogP contribution in [0.1, 0.15) is 51.5 Å². The van der Waals surface area contributed by atoms with Crippen molar-refractivity contribution < 1.29 is 0 Å². The zero-order valence-corrected chi connectivity index (χ0v) is 13.2. The molecule has 2 fully saturated rings. The third-order valence-electron chi connectivity index (χ3n) is 5.80. The minimum Gasteiger partial charge on any atom is -0.311 e. The first-order chi connectivity index (χ1) is 10.1. The standard InChI is InChI=1S/C19H26N2/c1-14-8-9-17(10-15(14)2)21-18-11-19(12-18,13-20)16-6-4-3-5-7-16/h3-7,14-15,17-18,21H,8-12H2,1-2H3. The maximum absolute atomic E-state index is 9.61. The van der Waals surface area contributed by atoms with Crippen molar-refractivity contribution in [3.05, 3.63) is 35.9 Å². The molecule has 1 aromatic rings. The molecule has 1 aromatic carbocycles. The summed E-state index contributed by atoms with van der Waals surface area (Å²) >= 11 is 0. The molecule has 0 saturated heterocycles. The number of nitrogens with one attached hydrogen (secondary N) is 1. The van der Waals surface area contributed by atoms with Gasteiger partial charge in [-0.25, -0.2) is 0 Å². The second-order valence-corrected chi connectivity index (χ2v) is 7.30. The topological polar surface area (TPSA) is 35.8 Å². The van der Waals surface area contributed by atoms with Gasteiger partial charge in [0.2, 0.25) is 0 Å². The van der Waals surface area contributed by atoms with Crippen LogP contribution in [0.3, 0.4) is 0 Å². The third-order valence-corrected chi connectivity index (χ3v) is 5.80. The first-order valence-electron chi connectivity index (χ1n) is 8.36. The van der Waals surface area contributed by atoms with E-state index >= 15 is 0 Å². The normalized spacial score (nSPS) is 39.3. The molecule has 0 radical (unpaired) electrons. The van der Waals surface area contributed by atoms with Gasteiger partial charge in [0, 0.05) is 12.1 Å². The predicted molar refractivity (Wildman–Crippen MR) is 85.9 cm³/mol. The van der Waals surface area contributed by atoms with Gasteiger partial charge in [0.1, 0.15) is 0 Å². The van der Waals surface area contributed by atoms with Crippen molar-refractivity contribution in [2.24, 2.45) is 11.8 Å². The summed E-state index contributed by atoms with van der Waals surface area (Å²) in [5.41, 5.74) is 0.947. The van der Waals surface area contributed by atoms with E-state index in [1.54, 1.807) is 0 Å². The highest BCUT2D eigenvalue weighted by Gasteiger charge is 2.46. The van der Waals surface area contributed by atoms with Crippen LogP contribution in [-0.4, -0.2) is 12.1 Å². The minimum atomic E-state index is -0.244.